The first-order valence-corrected chi connectivity index (χ1v) is 10.8. The van der Waals surface area contributed by atoms with Gasteiger partial charge < -0.3 is 9.47 Å². The summed E-state index contributed by atoms with van der Waals surface area (Å²) in [7, 11) is 0. The molecule has 2 aliphatic carbocycles. The highest BCUT2D eigenvalue weighted by Crippen LogP contribution is 2.58. The highest BCUT2D eigenvalue weighted by atomic mass is 16.7. The number of ether oxygens (including phenoxy) is 2. The summed E-state index contributed by atoms with van der Waals surface area (Å²) >= 11 is 0. The molecule has 3 aliphatic rings. The molecule has 1 heterocycles. The number of carbonyl (C=O) groups is 1. The Labute approximate surface area is 172 Å². The van der Waals surface area contributed by atoms with Crippen LogP contribution in [0.25, 0.3) is 6.08 Å². The van der Waals surface area contributed by atoms with Crippen molar-refractivity contribution in [2.45, 2.75) is 43.8 Å². The van der Waals surface area contributed by atoms with Crippen LogP contribution in [-0.2, 0) is 19.7 Å². The lowest BCUT2D eigenvalue weighted by atomic mass is 9.50. The molecular formula is C26H28O3. The first-order valence-electron chi connectivity index (χ1n) is 10.8. The van der Waals surface area contributed by atoms with E-state index in [9.17, 15) is 4.79 Å². The van der Waals surface area contributed by atoms with Crippen LogP contribution < -0.4 is 0 Å². The molecular weight excluding hydrogens is 360 g/mol. The van der Waals surface area contributed by atoms with Crippen LogP contribution >= 0.6 is 0 Å². The second-order valence-corrected chi connectivity index (χ2v) is 8.69. The number of Topliss-reactive ketones (excluding diaryl/α,β-unsaturated/α-hetero) is 1. The fourth-order valence-electron chi connectivity index (χ4n) is 6.00. The monoisotopic (exact) mass is 388 g/mol. The SMILES string of the molecule is C[C@H]1[C@@H]2CCC(=Cc3ccccc3)C(=O)[C@@]2(c2ccccc2)CCC12OCCO2. The van der Waals surface area contributed by atoms with Gasteiger partial charge in [0.2, 0.25) is 0 Å². The second kappa shape index (κ2) is 7.23. The average Bonchev–Trinajstić information content (AvgIpc) is 3.24. The van der Waals surface area contributed by atoms with Gasteiger partial charge in [0.15, 0.2) is 11.6 Å². The molecule has 29 heavy (non-hydrogen) atoms. The molecule has 2 aromatic rings. The molecule has 0 radical (unpaired) electrons. The van der Waals surface area contributed by atoms with E-state index in [1.54, 1.807) is 0 Å². The number of fused-ring (bicyclic) bond motifs is 1. The summed E-state index contributed by atoms with van der Waals surface area (Å²) in [6.07, 6.45) is 5.43. The van der Waals surface area contributed by atoms with E-state index in [0.29, 0.717) is 19.0 Å². The fraction of sp³-hybridized carbons (Fsp3) is 0.423. The molecule has 0 bridgehead atoms. The van der Waals surface area contributed by atoms with Gasteiger partial charge in [-0.25, -0.2) is 0 Å². The number of hydrogen-bond acceptors (Lipinski definition) is 3. The van der Waals surface area contributed by atoms with Crippen molar-refractivity contribution in [1.82, 2.24) is 0 Å². The third kappa shape index (κ3) is 2.91. The van der Waals surface area contributed by atoms with Gasteiger partial charge in [-0.05, 0) is 48.0 Å². The van der Waals surface area contributed by atoms with Gasteiger partial charge in [0.1, 0.15) is 0 Å². The number of rotatable bonds is 2. The standard InChI is InChI=1S/C26H28O3/c1-19-23-13-12-21(18-20-8-4-2-5-9-20)24(27)25(23,22-10-6-3-7-11-22)14-15-26(19)28-16-17-29-26/h2-11,18-19,23H,12-17H2,1H3/t19-,23-,25+/m0/s1. The Morgan fingerprint density at radius 3 is 2.28 bits per heavy atom. The van der Waals surface area contributed by atoms with E-state index < -0.39 is 11.2 Å². The Hall–Kier alpha value is -2.23. The maximum atomic E-state index is 14.1. The number of benzene rings is 2. The smallest absolute Gasteiger partial charge is 0.171 e. The molecule has 1 saturated heterocycles. The van der Waals surface area contributed by atoms with Crippen LogP contribution in [0.1, 0.15) is 43.7 Å². The Balaban J connectivity index is 1.59. The van der Waals surface area contributed by atoms with Gasteiger partial charge in [-0.1, -0.05) is 67.6 Å². The zero-order valence-corrected chi connectivity index (χ0v) is 17.0. The summed E-state index contributed by atoms with van der Waals surface area (Å²) in [5.41, 5.74) is 2.71. The van der Waals surface area contributed by atoms with E-state index in [-0.39, 0.29) is 11.8 Å². The topological polar surface area (TPSA) is 35.5 Å². The molecule has 2 saturated carbocycles. The molecule has 1 spiro atoms. The Kier molecular flexibility index (Phi) is 4.68. The molecule has 1 aliphatic heterocycles. The fourth-order valence-corrected chi connectivity index (χ4v) is 6.00. The van der Waals surface area contributed by atoms with E-state index >= 15 is 0 Å². The van der Waals surface area contributed by atoms with Crippen molar-refractivity contribution in [3.05, 3.63) is 77.4 Å². The molecule has 5 rings (SSSR count). The summed E-state index contributed by atoms with van der Waals surface area (Å²) in [4.78, 5) is 14.1. The predicted octanol–water partition coefficient (Wildman–Crippen LogP) is 5.16. The molecule has 0 unspecified atom stereocenters. The quantitative estimate of drug-likeness (QED) is 0.667. The van der Waals surface area contributed by atoms with E-state index in [2.05, 4.69) is 49.4 Å². The molecule has 3 atom stereocenters. The first-order chi connectivity index (χ1) is 14.2. The van der Waals surface area contributed by atoms with Gasteiger partial charge in [0.25, 0.3) is 0 Å². The third-order valence-electron chi connectivity index (χ3n) is 7.43. The highest BCUT2D eigenvalue weighted by Gasteiger charge is 2.61. The van der Waals surface area contributed by atoms with Crippen molar-refractivity contribution in [3.63, 3.8) is 0 Å². The molecule has 0 N–H and O–H groups in total. The number of ketones is 1. The van der Waals surface area contributed by atoms with Gasteiger partial charge in [0, 0.05) is 12.3 Å². The highest BCUT2D eigenvalue weighted by molar-refractivity contribution is 6.07. The van der Waals surface area contributed by atoms with Crippen molar-refractivity contribution in [1.29, 1.82) is 0 Å². The van der Waals surface area contributed by atoms with Crippen LogP contribution in [0.2, 0.25) is 0 Å². The van der Waals surface area contributed by atoms with Crippen molar-refractivity contribution in [2.24, 2.45) is 11.8 Å². The average molecular weight is 389 g/mol. The van der Waals surface area contributed by atoms with Crippen molar-refractivity contribution >= 4 is 11.9 Å². The van der Waals surface area contributed by atoms with Gasteiger partial charge >= 0.3 is 0 Å². The second-order valence-electron chi connectivity index (χ2n) is 8.69. The Bertz CT molecular complexity index is 911. The largest absolute Gasteiger partial charge is 0.347 e. The van der Waals surface area contributed by atoms with Crippen LogP contribution in [0.5, 0.6) is 0 Å². The normalized spacial score (nSPS) is 32.4. The lowest BCUT2D eigenvalue weighted by molar-refractivity contribution is -0.234. The van der Waals surface area contributed by atoms with Gasteiger partial charge in [-0.2, -0.15) is 0 Å². The van der Waals surface area contributed by atoms with Crippen molar-refractivity contribution < 1.29 is 14.3 Å². The minimum atomic E-state index is -0.510. The summed E-state index contributed by atoms with van der Waals surface area (Å²) in [5, 5.41) is 0. The van der Waals surface area contributed by atoms with Gasteiger partial charge in [-0.15, -0.1) is 0 Å². The minimum absolute atomic E-state index is 0.182. The van der Waals surface area contributed by atoms with E-state index in [0.717, 1.165) is 42.4 Å². The molecule has 0 aromatic heterocycles. The summed E-state index contributed by atoms with van der Waals surface area (Å²) in [5.74, 6) is 0.186. The van der Waals surface area contributed by atoms with E-state index in [1.807, 2.05) is 24.3 Å². The molecule has 3 nitrogen and oxygen atoms in total. The van der Waals surface area contributed by atoms with E-state index in [1.165, 1.54) is 0 Å². The van der Waals surface area contributed by atoms with Crippen LogP contribution in [0, 0.1) is 11.8 Å². The number of hydrogen-bond donors (Lipinski definition) is 0. The lowest BCUT2D eigenvalue weighted by Crippen LogP contribution is -2.59. The van der Waals surface area contributed by atoms with Crippen LogP contribution in [0.15, 0.2) is 66.2 Å². The first kappa shape index (κ1) is 18.8. The summed E-state index contributed by atoms with van der Waals surface area (Å²) in [6, 6.07) is 20.6. The van der Waals surface area contributed by atoms with Gasteiger partial charge in [-0.3, -0.25) is 4.79 Å². The molecule has 150 valence electrons. The van der Waals surface area contributed by atoms with Crippen molar-refractivity contribution in [2.75, 3.05) is 13.2 Å². The summed E-state index contributed by atoms with van der Waals surface area (Å²) < 4.78 is 12.3. The molecule has 3 heteroatoms. The third-order valence-corrected chi connectivity index (χ3v) is 7.43. The maximum Gasteiger partial charge on any atom is 0.171 e. The zero-order chi connectivity index (χ0) is 19.9. The summed E-state index contributed by atoms with van der Waals surface area (Å²) in [6.45, 7) is 3.54. The van der Waals surface area contributed by atoms with Gasteiger partial charge in [0.05, 0.1) is 18.6 Å². The number of allylic oxidation sites excluding steroid dienone is 1. The van der Waals surface area contributed by atoms with Crippen LogP contribution in [0.4, 0.5) is 0 Å². The van der Waals surface area contributed by atoms with E-state index in [4.69, 9.17) is 9.47 Å². The minimum Gasteiger partial charge on any atom is -0.347 e. The Morgan fingerprint density at radius 2 is 1.59 bits per heavy atom. The van der Waals surface area contributed by atoms with Crippen LogP contribution in [0.3, 0.4) is 0 Å². The molecule has 2 aromatic carbocycles. The maximum absolute atomic E-state index is 14.1. The van der Waals surface area contributed by atoms with Crippen LogP contribution in [-0.4, -0.2) is 24.8 Å². The zero-order valence-electron chi connectivity index (χ0n) is 17.0. The molecule has 0 amide bonds. The lowest BCUT2D eigenvalue weighted by Gasteiger charge is -2.55. The Morgan fingerprint density at radius 1 is 0.931 bits per heavy atom. The molecule has 3 fully saturated rings. The predicted molar refractivity (Wildman–Crippen MR) is 113 cm³/mol. The number of carbonyl (C=O) groups excluding carboxylic acids is 1. The van der Waals surface area contributed by atoms with Crippen molar-refractivity contribution in [3.8, 4) is 0 Å².